The third kappa shape index (κ3) is 10.3. The molecule has 0 spiro atoms. The second kappa shape index (κ2) is 14.6. The summed E-state index contributed by atoms with van der Waals surface area (Å²) in [6.45, 7) is 5.89. The zero-order valence-electron chi connectivity index (χ0n) is 19.2. The fraction of sp³-hybridized carbons (Fsp3) is 0.458. The molecule has 182 valence electrons. The van der Waals surface area contributed by atoms with E-state index in [1.54, 1.807) is 24.3 Å². The van der Waals surface area contributed by atoms with Gasteiger partial charge >= 0.3 is 5.97 Å². The van der Waals surface area contributed by atoms with Crippen molar-refractivity contribution in [2.45, 2.75) is 31.6 Å². The van der Waals surface area contributed by atoms with Gasteiger partial charge in [0.05, 0.1) is 43.5 Å². The largest absolute Gasteiger partial charge is 0.460 e. The molecule has 9 heteroatoms. The lowest BCUT2D eigenvalue weighted by atomic mass is 10.2. The number of rotatable bonds is 16. The Morgan fingerprint density at radius 2 is 1.45 bits per heavy atom. The maximum Gasteiger partial charge on any atom is 0.338 e. The van der Waals surface area contributed by atoms with Crippen LogP contribution in [0.5, 0.6) is 0 Å². The van der Waals surface area contributed by atoms with Gasteiger partial charge in [-0.2, -0.15) is 8.42 Å². The van der Waals surface area contributed by atoms with Crippen molar-refractivity contribution in [3.05, 3.63) is 59.7 Å². The van der Waals surface area contributed by atoms with Gasteiger partial charge in [-0.15, -0.1) is 0 Å². The minimum absolute atomic E-state index is 0.0826. The summed E-state index contributed by atoms with van der Waals surface area (Å²) < 4.78 is 44.8. The molecule has 0 aromatic heterocycles. The summed E-state index contributed by atoms with van der Waals surface area (Å²) in [5.74, 6) is -0.401. The summed E-state index contributed by atoms with van der Waals surface area (Å²) in [7, 11) is -3.78. The Morgan fingerprint density at radius 3 is 2.09 bits per heavy atom. The molecule has 2 rings (SSSR count). The summed E-state index contributed by atoms with van der Waals surface area (Å²) in [5.41, 5.74) is 2.43. The minimum atomic E-state index is -3.78. The number of nitrogens with one attached hydrogen (secondary N) is 1. The average Bonchev–Trinajstić information content (AvgIpc) is 2.81. The standard InChI is InChI=1S/C24H33NO7S/c1-3-4-13-25-22-9-7-21(8-10-22)24(26)31-18-16-29-14-15-30-17-19-32-33(27,28)23-11-5-20(2)6-12-23/h5-12,25H,3-4,13-19H2,1-2H3. The van der Waals surface area contributed by atoms with Crippen LogP contribution >= 0.6 is 0 Å². The Morgan fingerprint density at radius 1 is 0.848 bits per heavy atom. The molecule has 0 bridgehead atoms. The third-order valence-electron chi connectivity index (χ3n) is 4.59. The second-order valence-electron chi connectivity index (χ2n) is 7.31. The molecular formula is C24H33NO7S. The van der Waals surface area contributed by atoms with Gasteiger partial charge < -0.3 is 19.5 Å². The summed E-state index contributed by atoms with van der Waals surface area (Å²) in [4.78, 5) is 12.2. The number of aryl methyl sites for hydroxylation is 1. The summed E-state index contributed by atoms with van der Waals surface area (Å²) >= 11 is 0. The lowest BCUT2D eigenvalue weighted by Gasteiger charge is -2.09. The number of hydrogen-bond acceptors (Lipinski definition) is 8. The molecule has 0 heterocycles. The van der Waals surface area contributed by atoms with Crippen LogP contribution in [0.1, 0.15) is 35.7 Å². The molecule has 0 aliphatic carbocycles. The fourth-order valence-corrected chi connectivity index (χ4v) is 3.60. The number of carbonyl (C=O) groups is 1. The molecule has 0 saturated carbocycles. The molecular weight excluding hydrogens is 446 g/mol. The summed E-state index contributed by atoms with van der Waals surface area (Å²) in [6, 6.07) is 13.6. The number of carbonyl (C=O) groups excluding carboxylic acids is 1. The zero-order chi connectivity index (χ0) is 23.9. The van der Waals surface area contributed by atoms with Gasteiger partial charge in [-0.1, -0.05) is 31.0 Å². The fourth-order valence-electron chi connectivity index (χ4n) is 2.71. The molecule has 0 radical (unpaired) electrons. The van der Waals surface area contributed by atoms with Crippen LogP contribution in [0.2, 0.25) is 0 Å². The van der Waals surface area contributed by atoms with E-state index in [1.807, 2.05) is 19.1 Å². The van der Waals surface area contributed by atoms with E-state index in [2.05, 4.69) is 12.2 Å². The smallest absolute Gasteiger partial charge is 0.338 e. The minimum Gasteiger partial charge on any atom is -0.460 e. The highest BCUT2D eigenvalue weighted by Gasteiger charge is 2.14. The van der Waals surface area contributed by atoms with Crippen molar-refractivity contribution in [3.8, 4) is 0 Å². The normalized spacial score (nSPS) is 11.3. The van der Waals surface area contributed by atoms with Crippen molar-refractivity contribution in [3.63, 3.8) is 0 Å². The number of anilines is 1. The highest BCUT2D eigenvalue weighted by molar-refractivity contribution is 7.86. The Bertz CT molecular complexity index is 928. The van der Waals surface area contributed by atoms with E-state index in [1.165, 1.54) is 12.1 Å². The molecule has 1 N–H and O–H groups in total. The van der Waals surface area contributed by atoms with E-state index in [9.17, 15) is 13.2 Å². The number of benzene rings is 2. The first kappa shape index (κ1) is 26.8. The van der Waals surface area contributed by atoms with E-state index >= 15 is 0 Å². The van der Waals surface area contributed by atoms with Crippen molar-refractivity contribution < 1.29 is 31.6 Å². The average molecular weight is 480 g/mol. The summed E-state index contributed by atoms with van der Waals surface area (Å²) in [5, 5.41) is 3.29. The number of unbranched alkanes of at least 4 members (excludes halogenated alkanes) is 1. The molecule has 33 heavy (non-hydrogen) atoms. The molecule has 0 saturated heterocycles. The lowest BCUT2D eigenvalue weighted by molar-refractivity contribution is 0.0108. The summed E-state index contributed by atoms with van der Waals surface area (Å²) in [6.07, 6.45) is 2.22. The molecule has 0 aliphatic heterocycles. The Kier molecular flexibility index (Phi) is 11.9. The van der Waals surface area contributed by atoms with E-state index < -0.39 is 16.1 Å². The van der Waals surface area contributed by atoms with Crippen LogP contribution in [0.15, 0.2) is 53.4 Å². The van der Waals surface area contributed by atoms with Crippen LogP contribution < -0.4 is 5.32 Å². The van der Waals surface area contributed by atoms with Gasteiger partial charge in [0.2, 0.25) is 0 Å². The first-order valence-corrected chi connectivity index (χ1v) is 12.5. The maximum atomic E-state index is 12.0. The van der Waals surface area contributed by atoms with Crippen molar-refractivity contribution >= 4 is 21.8 Å². The van der Waals surface area contributed by atoms with Gasteiger partial charge in [0, 0.05) is 12.2 Å². The van der Waals surface area contributed by atoms with Gasteiger partial charge in [0.25, 0.3) is 10.1 Å². The van der Waals surface area contributed by atoms with Crippen LogP contribution in [0.25, 0.3) is 0 Å². The van der Waals surface area contributed by atoms with Crippen LogP contribution in [-0.4, -0.2) is 60.6 Å². The molecule has 0 atom stereocenters. The highest BCUT2D eigenvalue weighted by atomic mass is 32.2. The highest BCUT2D eigenvalue weighted by Crippen LogP contribution is 2.13. The molecule has 0 fully saturated rings. The Labute approximate surface area is 196 Å². The maximum absolute atomic E-state index is 12.0. The number of hydrogen-bond donors (Lipinski definition) is 1. The predicted octanol–water partition coefficient (Wildman–Crippen LogP) is 3.80. The van der Waals surface area contributed by atoms with Crippen LogP contribution in [0.4, 0.5) is 5.69 Å². The molecule has 2 aromatic carbocycles. The van der Waals surface area contributed by atoms with Crippen LogP contribution in [0, 0.1) is 6.92 Å². The SMILES string of the molecule is CCCCNc1ccc(C(=O)OCCOCCOCCOS(=O)(=O)c2ccc(C)cc2)cc1. The van der Waals surface area contributed by atoms with E-state index in [0.717, 1.165) is 30.6 Å². The molecule has 8 nitrogen and oxygen atoms in total. The van der Waals surface area contributed by atoms with Gasteiger partial charge in [0.1, 0.15) is 6.61 Å². The van der Waals surface area contributed by atoms with Crippen LogP contribution in [0.3, 0.4) is 0 Å². The first-order chi connectivity index (χ1) is 15.9. The quantitative estimate of drug-likeness (QED) is 0.220. The molecule has 2 aromatic rings. The molecule has 0 unspecified atom stereocenters. The second-order valence-corrected chi connectivity index (χ2v) is 8.92. The van der Waals surface area contributed by atoms with Gasteiger partial charge in [-0.3, -0.25) is 4.18 Å². The van der Waals surface area contributed by atoms with Gasteiger partial charge in [0.15, 0.2) is 0 Å². The van der Waals surface area contributed by atoms with Crippen molar-refractivity contribution in [1.29, 1.82) is 0 Å². The lowest BCUT2D eigenvalue weighted by Crippen LogP contribution is -2.15. The predicted molar refractivity (Wildman–Crippen MR) is 126 cm³/mol. The molecule has 0 aliphatic rings. The molecule has 0 amide bonds. The third-order valence-corrected chi connectivity index (χ3v) is 5.92. The van der Waals surface area contributed by atoms with E-state index in [-0.39, 0.29) is 37.9 Å². The van der Waals surface area contributed by atoms with Crippen molar-refractivity contribution in [2.24, 2.45) is 0 Å². The Hall–Kier alpha value is -2.46. The monoisotopic (exact) mass is 479 g/mol. The van der Waals surface area contributed by atoms with E-state index in [0.29, 0.717) is 12.2 Å². The number of ether oxygens (including phenoxy) is 3. The van der Waals surface area contributed by atoms with Gasteiger partial charge in [-0.25, -0.2) is 4.79 Å². The van der Waals surface area contributed by atoms with Gasteiger partial charge in [-0.05, 0) is 49.7 Å². The van der Waals surface area contributed by atoms with E-state index in [4.69, 9.17) is 18.4 Å². The number of esters is 1. The zero-order valence-corrected chi connectivity index (χ0v) is 20.1. The van der Waals surface area contributed by atoms with Crippen molar-refractivity contribution in [2.75, 3.05) is 51.5 Å². The van der Waals surface area contributed by atoms with Crippen molar-refractivity contribution in [1.82, 2.24) is 0 Å². The van der Waals surface area contributed by atoms with Crippen LogP contribution in [-0.2, 0) is 28.5 Å². The Balaban J connectivity index is 1.49. The first-order valence-electron chi connectivity index (χ1n) is 11.0. The topological polar surface area (TPSA) is 100 Å².